The second-order valence-electron chi connectivity index (χ2n) is 7.56. The third-order valence-electron chi connectivity index (χ3n) is 4.92. The lowest BCUT2D eigenvalue weighted by Gasteiger charge is -2.15. The molecule has 3 N–H and O–H groups in total. The summed E-state index contributed by atoms with van der Waals surface area (Å²) >= 11 is 0. The van der Waals surface area contributed by atoms with Gasteiger partial charge in [-0.2, -0.15) is 0 Å². The van der Waals surface area contributed by atoms with Gasteiger partial charge in [-0.3, -0.25) is 20.4 Å². The Bertz CT molecular complexity index is 974. The van der Waals surface area contributed by atoms with Crippen LogP contribution in [0, 0.1) is 5.92 Å². The summed E-state index contributed by atoms with van der Waals surface area (Å²) in [6.45, 7) is 0.900. The lowest BCUT2D eigenvalue weighted by Crippen LogP contribution is -3.09. The van der Waals surface area contributed by atoms with Gasteiger partial charge in [0.05, 0.1) is 18.6 Å². The number of hydrogen-bond acceptors (Lipinski definition) is 4. The van der Waals surface area contributed by atoms with Gasteiger partial charge in [0.2, 0.25) is 5.91 Å². The molecule has 1 aliphatic rings. The first-order valence-electron chi connectivity index (χ1n) is 9.38. The van der Waals surface area contributed by atoms with Crippen LogP contribution in [-0.2, 0) is 26.0 Å². The maximum atomic E-state index is 12.1. The highest BCUT2D eigenvalue weighted by atomic mass is 32.2. The fourth-order valence-corrected chi connectivity index (χ4v) is 5.43. The van der Waals surface area contributed by atoms with E-state index in [2.05, 4.69) is 41.2 Å². The van der Waals surface area contributed by atoms with Gasteiger partial charge in [-0.1, -0.05) is 36.4 Å². The maximum absolute atomic E-state index is 12.1. The molecule has 0 saturated carbocycles. The van der Waals surface area contributed by atoms with Gasteiger partial charge in [0.25, 0.3) is 5.91 Å². The molecule has 2 aromatic rings. The van der Waals surface area contributed by atoms with Crippen molar-refractivity contribution in [3.8, 4) is 0 Å². The molecule has 2 aromatic carbocycles. The van der Waals surface area contributed by atoms with Crippen molar-refractivity contribution in [3.05, 3.63) is 48.0 Å². The van der Waals surface area contributed by atoms with E-state index in [1.165, 1.54) is 10.8 Å². The van der Waals surface area contributed by atoms with E-state index in [0.717, 1.165) is 10.5 Å². The van der Waals surface area contributed by atoms with E-state index in [0.29, 0.717) is 13.0 Å². The Balaban J connectivity index is 1.41. The van der Waals surface area contributed by atoms with Crippen molar-refractivity contribution in [1.82, 2.24) is 10.9 Å². The smallest absolute Gasteiger partial charge is 0.293 e. The quantitative estimate of drug-likeness (QED) is 0.583. The number of carbonyl (C=O) groups is 2. The molecule has 1 heterocycles. The third-order valence-corrected chi connectivity index (χ3v) is 6.76. The van der Waals surface area contributed by atoms with Crippen LogP contribution in [0.4, 0.5) is 0 Å². The first-order chi connectivity index (χ1) is 13.3. The number of nitrogens with one attached hydrogen (secondary N) is 3. The van der Waals surface area contributed by atoms with Crippen LogP contribution in [0.3, 0.4) is 0 Å². The van der Waals surface area contributed by atoms with Gasteiger partial charge in [0.15, 0.2) is 16.4 Å². The summed E-state index contributed by atoms with van der Waals surface area (Å²) in [4.78, 5) is 24.9. The van der Waals surface area contributed by atoms with Gasteiger partial charge in [0.1, 0.15) is 6.54 Å². The standard InChI is InChI=1S/C20H25N3O4S/c1-23(12-15-6-7-17-4-2-3-5-18(17)10-15)13-20(25)22-21-19(24)11-16-8-9-28(26,27)14-16/h2-7,10,16H,8-9,11-14H2,1H3,(H,21,24)(H,22,25)/p+1/t16-/m1/s1. The number of benzene rings is 2. The van der Waals surface area contributed by atoms with Crippen LogP contribution >= 0.6 is 0 Å². The van der Waals surface area contributed by atoms with Crippen molar-refractivity contribution in [2.75, 3.05) is 25.1 Å². The zero-order valence-electron chi connectivity index (χ0n) is 15.9. The minimum absolute atomic E-state index is 0.0486. The molecule has 0 spiro atoms. The van der Waals surface area contributed by atoms with Crippen LogP contribution in [0.25, 0.3) is 10.8 Å². The van der Waals surface area contributed by atoms with Gasteiger partial charge in [-0.15, -0.1) is 0 Å². The Morgan fingerprint density at radius 1 is 1.07 bits per heavy atom. The zero-order chi connectivity index (χ0) is 20.1. The molecular weight excluding hydrogens is 378 g/mol. The SMILES string of the molecule is C[NH+](CC(=O)NNC(=O)C[C@H]1CCS(=O)(=O)C1)Cc1ccc2ccccc2c1. The van der Waals surface area contributed by atoms with Crippen molar-refractivity contribution in [3.63, 3.8) is 0 Å². The van der Waals surface area contributed by atoms with Crippen molar-refractivity contribution in [1.29, 1.82) is 0 Å². The zero-order valence-corrected chi connectivity index (χ0v) is 16.7. The van der Waals surface area contributed by atoms with Crippen LogP contribution < -0.4 is 15.8 Å². The van der Waals surface area contributed by atoms with Crippen LogP contribution in [0.15, 0.2) is 42.5 Å². The van der Waals surface area contributed by atoms with Gasteiger partial charge in [-0.05, 0) is 29.2 Å². The number of hydrogen-bond donors (Lipinski definition) is 3. The molecule has 0 aliphatic carbocycles. The normalized spacial score (nSPS) is 19.2. The van der Waals surface area contributed by atoms with E-state index in [1.807, 2.05) is 19.2 Å². The van der Waals surface area contributed by atoms with E-state index >= 15 is 0 Å². The van der Waals surface area contributed by atoms with Gasteiger partial charge < -0.3 is 4.90 Å². The number of hydrazine groups is 1. The van der Waals surface area contributed by atoms with Crippen molar-refractivity contribution < 1.29 is 22.9 Å². The van der Waals surface area contributed by atoms with Crippen molar-refractivity contribution in [2.45, 2.75) is 19.4 Å². The number of carbonyl (C=O) groups excluding carboxylic acids is 2. The fourth-order valence-electron chi connectivity index (χ4n) is 3.56. The molecule has 2 amide bonds. The number of sulfone groups is 1. The average molecular weight is 405 g/mol. The Hall–Kier alpha value is -2.45. The molecule has 7 nitrogen and oxygen atoms in total. The summed E-state index contributed by atoms with van der Waals surface area (Å²) in [5.41, 5.74) is 5.93. The summed E-state index contributed by atoms with van der Waals surface area (Å²) in [5.74, 6) is -0.621. The molecule has 0 radical (unpaired) electrons. The summed E-state index contributed by atoms with van der Waals surface area (Å²) < 4.78 is 22.9. The highest BCUT2D eigenvalue weighted by Gasteiger charge is 2.29. The fraction of sp³-hybridized carbons (Fsp3) is 0.400. The number of fused-ring (bicyclic) bond motifs is 1. The van der Waals surface area contributed by atoms with Gasteiger partial charge in [0, 0.05) is 12.0 Å². The second kappa shape index (κ2) is 8.70. The van der Waals surface area contributed by atoms with Crippen LogP contribution in [0.5, 0.6) is 0 Å². The van der Waals surface area contributed by atoms with Crippen LogP contribution in [0.1, 0.15) is 18.4 Å². The van der Waals surface area contributed by atoms with Crippen LogP contribution in [-0.4, -0.2) is 45.3 Å². The highest BCUT2D eigenvalue weighted by molar-refractivity contribution is 7.91. The van der Waals surface area contributed by atoms with Crippen molar-refractivity contribution >= 4 is 32.4 Å². The van der Waals surface area contributed by atoms with E-state index in [1.54, 1.807) is 0 Å². The first kappa shape index (κ1) is 20.3. The molecule has 1 aliphatic heterocycles. The molecule has 0 aromatic heterocycles. The molecule has 0 bridgehead atoms. The lowest BCUT2D eigenvalue weighted by molar-refractivity contribution is -0.885. The molecule has 150 valence electrons. The Labute approximate surface area is 165 Å². The largest absolute Gasteiger partial charge is 0.326 e. The molecule has 3 rings (SSSR count). The number of quaternary nitrogens is 1. The maximum Gasteiger partial charge on any atom is 0.293 e. The topological polar surface area (TPSA) is 96.8 Å². The minimum Gasteiger partial charge on any atom is -0.326 e. The predicted octanol–water partition coefficient (Wildman–Crippen LogP) is -0.173. The van der Waals surface area contributed by atoms with E-state index in [9.17, 15) is 18.0 Å². The van der Waals surface area contributed by atoms with E-state index in [-0.39, 0.29) is 42.2 Å². The third kappa shape index (κ3) is 5.77. The predicted molar refractivity (Wildman–Crippen MR) is 107 cm³/mol. The molecule has 1 unspecified atom stereocenters. The second-order valence-corrected chi connectivity index (χ2v) is 9.79. The first-order valence-corrected chi connectivity index (χ1v) is 11.2. The monoisotopic (exact) mass is 404 g/mol. The highest BCUT2D eigenvalue weighted by Crippen LogP contribution is 2.21. The molecule has 1 fully saturated rings. The van der Waals surface area contributed by atoms with Crippen molar-refractivity contribution in [2.24, 2.45) is 5.92 Å². The van der Waals surface area contributed by atoms with E-state index in [4.69, 9.17) is 0 Å². The number of likely N-dealkylation sites (N-methyl/N-ethyl adjacent to an activating group) is 1. The Morgan fingerprint density at radius 2 is 1.79 bits per heavy atom. The van der Waals surface area contributed by atoms with E-state index < -0.39 is 9.84 Å². The van der Waals surface area contributed by atoms with Gasteiger partial charge in [-0.25, -0.2) is 8.42 Å². The summed E-state index contributed by atoms with van der Waals surface area (Å²) in [6, 6.07) is 14.4. The number of amides is 2. The summed E-state index contributed by atoms with van der Waals surface area (Å²) in [6.07, 6.45) is 0.613. The van der Waals surface area contributed by atoms with Crippen LogP contribution in [0.2, 0.25) is 0 Å². The molecular formula is C20H26N3O4S+. The average Bonchev–Trinajstić information content (AvgIpc) is 2.98. The molecule has 8 heteroatoms. The molecule has 28 heavy (non-hydrogen) atoms. The summed E-state index contributed by atoms with van der Waals surface area (Å²) in [5, 5.41) is 2.35. The Kier molecular flexibility index (Phi) is 6.31. The lowest BCUT2D eigenvalue weighted by atomic mass is 10.1. The van der Waals surface area contributed by atoms with Gasteiger partial charge >= 0.3 is 0 Å². The minimum atomic E-state index is -3.00. The molecule has 1 saturated heterocycles. The molecule has 2 atom stereocenters. The number of rotatable bonds is 6. The Morgan fingerprint density at radius 3 is 2.50 bits per heavy atom. The summed E-state index contributed by atoms with van der Waals surface area (Å²) in [7, 11) is -1.09.